The Morgan fingerprint density at radius 1 is 0.400 bits per heavy atom. The Balaban J connectivity index is 1.33. The molecule has 1 aliphatic heterocycles. The van der Waals surface area contributed by atoms with Gasteiger partial charge in [0.15, 0.2) is 0 Å². The van der Waals surface area contributed by atoms with Crippen LogP contribution < -0.4 is 4.74 Å². The van der Waals surface area contributed by atoms with Gasteiger partial charge in [0.1, 0.15) is 11.5 Å². The number of nitrogens with zero attached hydrogens (tertiary/aromatic N) is 6. The lowest BCUT2D eigenvalue weighted by molar-refractivity contribution is 0.418. The maximum Gasteiger partial charge on any atom is 0.139 e. The summed E-state index contributed by atoms with van der Waals surface area (Å²) >= 11 is 0. The normalized spacial score (nSPS) is 13.3. The SMILES string of the molecule is CC(C)(C)c1cc(-c2cc(-c3ccccn3)nc(-c3ccccn3)c2)c2c(c1)C(C)(C)c1cc(C(C)(C)C)cc(-c3cc(-c4ccccn4)nc(-c4ccccn4)c3)c1O2. The molecule has 0 radical (unpaired) electrons. The highest BCUT2D eigenvalue weighted by molar-refractivity contribution is 5.86. The molecular formula is C53H48N6O. The fraction of sp³-hybridized carbons (Fsp3) is 0.208. The maximum atomic E-state index is 7.50. The van der Waals surface area contributed by atoms with Gasteiger partial charge >= 0.3 is 0 Å². The zero-order chi connectivity index (χ0) is 41.8. The number of ether oxygens (including phenoxy) is 1. The molecule has 7 nitrogen and oxygen atoms in total. The highest BCUT2D eigenvalue weighted by Gasteiger charge is 2.40. The van der Waals surface area contributed by atoms with Crippen LogP contribution in [0.25, 0.3) is 67.8 Å². The van der Waals surface area contributed by atoms with Gasteiger partial charge in [-0.25, -0.2) is 9.97 Å². The fourth-order valence-corrected chi connectivity index (χ4v) is 7.90. The second kappa shape index (κ2) is 14.8. The Labute approximate surface area is 352 Å². The predicted octanol–water partition coefficient (Wildman–Crippen LogP) is 13.1. The van der Waals surface area contributed by atoms with E-state index in [9.17, 15) is 0 Å². The first kappa shape index (κ1) is 38.6. The van der Waals surface area contributed by atoms with E-state index in [-0.39, 0.29) is 10.8 Å². The van der Waals surface area contributed by atoms with E-state index in [1.165, 1.54) is 11.1 Å². The van der Waals surface area contributed by atoms with Crippen molar-refractivity contribution < 1.29 is 4.74 Å². The van der Waals surface area contributed by atoms with E-state index >= 15 is 0 Å². The molecule has 7 heteroatoms. The van der Waals surface area contributed by atoms with E-state index in [2.05, 4.69) is 104 Å². The van der Waals surface area contributed by atoms with Gasteiger partial charge in [-0.15, -0.1) is 0 Å². The van der Waals surface area contributed by atoms with Crippen molar-refractivity contribution in [1.29, 1.82) is 0 Å². The maximum absolute atomic E-state index is 7.50. The predicted molar refractivity (Wildman–Crippen MR) is 242 cm³/mol. The van der Waals surface area contributed by atoms with Gasteiger partial charge in [-0.05, 0) is 118 Å². The summed E-state index contributed by atoms with van der Waals surface area (Å²) in [6.45, 7) is 18.3. The summed E-state index contributed by atoms with van der Waals surface area (Å²) in [5.74, 6) is 1.64. The van der Waals surface area contributed by atoms with E-state index < -0.39 is 5.41 Å². The summed E-state index contributed by atoms with van der Waals surface area (Å²) in [6.07, 6.45) is 7.22. The molecule has 0 atom stereocenters. The van der Waals surface area contributed by atoms with Gasteiger partial charge in [-0.3, -0.25) is 19.9 Å². The first-order valence-electron chi connectivity index (χ1n) is 20.5. The molecule has 0 unspecified atom stereocenters. The van der Waals surface area contributed by atoms with E-state index in [4.69, 9.17) is 34.6 Å². The van der Waals surface area contributed by atoms with Crippen LogP contribution in [0.5, 0.6) is 11.5 Å². The molecule has 296 valence electrons. The number of pyridine rings is 6. The average molecular weight is 785 g/mol. The standard InChI is InChI=1S/C53H48N6O/c1-51(2,3)35-29-37(33-25-45(41-17-9-13-21-54-41)58-46(26-33)42-18-10-14-22-55-42)49-39(31-35)53(7,8)40-32-36(52(4,5)6)30-38(50(40)60-49)34-27-47(43-19-11-15-23-56-43)59-48(28-34)44-20-12-16-24-57-44/h9-32H,1-8H3. The Morgan fingerprint density at radius 3 is 0.983 bits per heavy atom. The summed E-state index contributed by atoms with van der Waals surface area (Å²) in [4.78, 5) is 29.1. The van der Waals surface area contributed by atoms with Gasteiger partial charge in [-0.1, -0.05) is 91.8 Å². The van der Waals surface area contributed by atoms with Crippen molar-refractivity contribution in [2.45, 2.75) is 71.6 Å². The minimum absolute atomic E-state index is 0.153. The summed E-state index contributed by atoms with van der Waals surface area (Å²) in [5, 5.41) is 0. The molecule has 0 amide bonds. The molecule has 60 heavy (non-hydrogen) atoms. The van der Waals surface area contributed by atoms with Gasteiger partial charge < -0.3 is 4.74 Å². The zero-order valence-electron chi connectivity index (χ0n) is 35.4. The lowest BCUT2D eigenvalue weighted by Gasteiger charge is -2.39. The van der Waals surface area contributed by atoms with Gasteiger partial charge in [0, 0.05) is 52.5 Å². The smallest absolute Gasteiger partial charge is 0.139 e. The molecule has 2 aromatic carbocycles. The molecule has 6 aromatic heterocycles. The van der Waals surface area contributed by atoms with Crippen LogP contribution in [0.15, 0.2) is 146 Å². The Bertz CT molecular complexity index is 2550. The van der Waals surface area contributed by atoms with Crippen molar-refractivity contribution in [2.24, 2.45) is 0 Å². The molecule has 0 saturated heterocycles. The van der Waals surface area contributed by atoms with Crippen LogP contribution in [0, 0.1) is 0 Å². The third kappa shape index (κ3) is 7.25. The van der Waals surface area contributed by atoms with E-state index in [1.54, 1.807) is 24.8 Å². The average Bonchev–Trinajstić information content (AvgIpc) is 3.26. The molecular weight excluding hydrogens is 737 g/mol. The van der Waals surface area contributed by atoms with Crippen LogP contribution in [0.3, 0.4) is 0 Å². The summed E-state index contributed by atoms with van der Waals surface area (Å²) in [7, 11) is 0. The number of benzene rings is 2. The van der Waals surface area contributed by atoms with Crippen molar-refractivity contribution in [3.63, 3.8) is 0 Å². The van der Waals surface area contributed by atoms with E-state index in [1.807, 2.05) is 72.8 Å². The molecule has 0 aliphatic carbocycles. The molecule has 7 heterocycles. The fourth-order valence-electron chi connectivity index (χ4n) is 7.90. The molecule has 0 bridgehead atoms. The molecule has 0 fully saturated rings. The lowest BCUT2D eigenvalue weighted by atomic mass is 9.70. The third-order valence-corrected chi connectivity index (χ3v) is 11.4. The molecule has 8 aromatic rings. The van der Waals surface area contributed by atoms with Crippen molar-refractivity contribution in [1.82, 2.24) is 29.9 Å². The monoisotopic (exact) mass is 784 g/mol. The molecule has 9 rings (SSSR count). The van der Waals surface area contributed by atoms with Crippen molar-refractivity contribution >= 4 is 0 Å². The van der Waals surface area contributed by atoms with Gasteiger partial charge in [0.05, 0.1) is 45.6 Å². The largest absolute Gasteiger partial charge is 0.455 e. The second-order valence-electron chi connectivity index (χ2n) is 18.1. The summed E-state index contributed by atoms with van der Waals surface area (Å²) in [6, 6.07) is 41.5. The highest BCUT2D eigenvalue weighted by Crippen LogP contribution is 2.56. The van der Waals surface area contributed by atoms with Gasteiger partial charge in [0.2, 0.25) is 0 Å². The van der Waals surface area contributed by atoms with E-state index in [0.29, 0.717) is 0 Å². The second-order valence-corrected chi connectivity index (χ2v) is 18.1. The Hall–Kier alpha value is -6.86. The third-order valence-electron chi connectivity index (χ3n) is 11.4. The summed E-state index contributed by atoms with van der Waals surface area (Å²) in [5.41, 5.74) is 14.0. The number of rotatable bonds is 6. The first-order valence-corrected chi connectivity index (χ1v) is 20.5. The van der Waals surface area contributed by atoms with E-state index in [0.717, 1.165) is 90.4 Å². The van der Waals surface area contributed by atoms with Crippen LogP contribution in [0.1, 0.15) is 77.6 Å². The highest BCUT2D eigenvalue weighted by atomic mass is 16.5. The van der Waals surface area contributed by atoms with Crippen LogP contribution >= 0.6 is 0 Å². The zero-order valence-corrected chi connectivity index (χ0v) is 35.4. The Kier molecular flexibility index (Phi) is 9.50. The molecule has 1 aliphatic rings. The van der Waals surface area contributed by atoms with Crippen molar-refractivity contribution in [3.05, 3.63) is 168 Å². The summed E-state index contributed by atoms with van der Waals surface area (Å²) < 4.78 is 7.50. The minimum Gasteiger partial charge on any atom is -0.455 e. The number of hydrogen-bond acceptors (Lipinski definition) is 7. The Morgan fingerprint density at radius 2 is 0.717 bits per heavy atom. The topological polar surface area (TPSA) is 86.6 Å². The number of hydrogen-bond donors (Lipinski definition) is 0. The van der Waals surface area contributed by atoms with Crippen LogP contribution in [-0.4, -0.2) is 29.9 Å². The number of fused-ring (bicyclic) bond motifs is 2. The van der Waals surface area contributed by atoms with Gasteiger partial charge in [0.25, 0.3) is 0 Å². The molecule has 0 N–H and O–H groups in total. The lowest BCUT2D eigenvalue weighted by Crippen LogP contribution is -2.27. The number of aromatic nitrogens is 6. The van der Waals surface area contributed by atoms with Crippen LogP contribution in [0.2, 0.25) is 0 Å². The van der Waals surface area contributed by atoms with Gasteiger partial charge in [-0.2, -0.15) is 0 Å². The first-order chi connectivity index (χ1) is 28.7. The molecule has 0 spiro atoms. The van der Waals surface area contributed by atoms with Crippen LogP contribution in [0.4, 0.5) is 0 Å². The molecule has 0 saturated carbocycles. The van der Waals surface area contributed by atoms with Crippen molar-refractivity contribution in [3.8, 4) is 79.3 Å². The minimum atomic E-state index is -0.462. The quantitative estimate of drug-likeness (QED) is 0.166. The van der Waals surface area contributed by atoms with Crippen molar-refractivity contribution in [2.75, 3.05) is 0 Å². The van der Waals surface area contributed by atoms with Crippen LogP contribution in [-0.2, 0) is 16.2 Å².